The summed E-state index contributed by atoms with van der Waals surface area (Å²) >= 11 is 0. The van der Waals surface area contributed by atoms with Gasteiger partial charge in [-0.25, -0.2) is 9.78 Å². The third-order valence-electron chi connectivity index (χ3n) is 6.01. The Morgan fingerprint density at radius 3 is 2.67 bits per heavy atom. The zero-order chi connectivity index (χ0) is 25.8. The van der Waals surface area contributed by atoms with Gasteiger partial charge in [-0.15, -0.1) is 0 Å². The second-order valence-electron chi connectivity index (χ2n) is 8.56. The Labute approximate surface area is 210 Å². The van der Waals surface area contributed by atoms with Crippen LogP contribution in [0.25, 0.3) is 5.69 Å². The van der Waals surface area contributed by atoms with Crippen molar-refractivity contribution in [3.63, 3.8) is 0 Å². The monoisotopic (exact) mass is 490 g/mol. The summed E-state index contributed by atoms with van der Waals surface area (Å²) in [5.41, 5.74) is 5.10. The van der Waals surface area contributed by atoms with E-state index in [9.17, 15) is 9.59 Å². The molecule has 188 valence electrons. The molecule has 1 aliphatic rings. The second kappa shape index (κ2) is 10.7. The Morgan fingerprint density at radius 1 is 1.17 bits per heavy atom. The molecule has 0 saturated carbocycles. The predicted molar refractivity (Wildman–Crippen MR) is 134 cm³/mol. The van der Waals surface area contributed by atoms with E-state index in [-0.39, 0.29) is 13.0 Å². The van der Waals surface area contributed by atoms with E-state index in [1.165, 1.54) is 6.92 Å². The first kappa shape index (κ1) is 25.1. The SMILES string of the molecule is CCOC(=O)C(C)OC(=O)CC[C@@H]1N=C(c2ccccn2)c2cc(C)c(OC)cc2-n2c(C)cnc21. The molecule has 0 N–H and O–H groups in total. The van der Waals surface area contributed by atoms with Crippen molar-refractivity contribution in [3.05, 3.63) is 71.1 Å². The minimum Gasteiger partial charge on any atom is -0.496 e. The van der Waals surface area contributed by atoms with Gasteiger partial charge in [0.1, 0.15) is 17.6 Å². The van der Waals surface area contributed by atoms with Crippen molar-refractivity contribution in [2.24, 2.45) is 4.99 Å². The van der Waals surface area contributed by atoms with Gasteiger partial charge in [0, 0.05) is 36.1 Å². The Hall–Kier alpha value is -4.01. The summed E-state index contributed by atoms with van der Waals surface area (Å²) in [6.45, 7) is 7.39. The van der Waals surface area contributed by atoms with Gasteiger partial charge in [-0.05, 0) is 57.9 Å². The van der Waals surface area contributed by atoms with E-state index in [2.05, 4.69) is 9.97 Å². The van der Waals surface area contributed by atoms with Gasteiger partial charge in [0.05, 0.1) is 30.8 Å². The van der Waals surface area contributed by atoms with E-state index in [0.717, 1.165) is 34.0 Å². The lowest BCUT2D eigenvalue weighted by Crippen LogP contribution is -2.26. The molecule has 0 saturated heterocycles. The zero-order valence-corrected chi connectivity index (χ0v) is 21.1. The fraction of sp³-hybridized carbons (Fsp3) is 0.370. The largest absolute Gasteiger partial charge is 0.496 e. The van der Waals surface area contributed by atoms with Gasteiger partial charge in [-0.2, -0.15) is 0 Å². The zero-order valence-electron chi connectivity index (χ0n) is 21.1. The Kier molecular flexibility index (Phi) is 7.47. The summed E-state index contributed by atoms with van der Waals surface area (Å²) in [5, 5.41) is 0. The number of fused-ring (bicyclic) bond motifs is 3. The van der Waals surface area contributed by atoms with Crippen LogP contribution in [0.15, 0.2) is 47.7 Å². The second-order valence-corrected chi connectivity index (χ2v) is 8.56. The Morgan fingerprint density at radius 2 is 1.97 bits per heavy atom. The number of pyridine rings is 1. The Bertz CT molecular complexity index is 1300. The van der Waals surface area contributed by atoms with Gasteiger partial charge in [-0.3, -0.25) is 19.3 Å². The number of carbonyl (C=O) groups excluding carboxylic acids is 2. The molecule has 1 unspecified atom stereocenters. The minimum absolute atomic E-state index is 0.0536. The van der Waals surface area contributed by atoms with Gasteiger partial charge >= 0.3 is 11.9 Å². The summed E-state index contributed by atoms with van der Waals surface area (Å²) in [7, 11) is 1.65. The van der Waals surface area contributed by atoms with E-state index < -0.39 is 24.1 Å². The minimum atomic E-state index is -0.969. The highest BCUT2D eigenvalue weighted by Crippen LogP contribution is 2.36. The number of aryl methyl sites for hydroxylation is 2. The number of imidazole rings is 1. The van der Waals surface area contributed by atoms with Crippen LogP contribution in [0.2, 0.25) is 0 Å². The smallest absolute Gasteiger partial charge is 0.347 e. The molecule has 0 radical (unpaired) electrons. The number of esters is 2. The van der Waals surface area contributed by atoms with Crippen LogP contribution >= 0.6 is 0 Å². The number of nitrogens with zero attached hydrogens (tertiary/aromatic N) is 4. The number of hydrogen-bond acceptors (Lipinski definition) is 8. The molecule has 3 aromatic rings. The molecule has 2 atom stereocenters. The van der Waals surface area contributed by atoms with Crippen molar-refractivity contribution < 1.29 is 23.8 Å². The molecular formula is C27H30N4O5. The lowest BCUT2D eigenvalue weighted by Gasteiger charge is -2.16. The van der Waals surface area contributed by atoms with E-state index in [1.54, 1.807) is 26.4 Å². The normalized spacial score (nSPS) is 15.1. The quantitative estimate of drug-likeness (QED) is 0.439. The summed E-state index contributed by atoms with van der Waals surface area (Å²) in [5.74, 6) is 0.390. The average molecular weight is 491 g/mol. The molecule has 1 aliphatic heterocycles. The summed E-state index contributed by atoms with van der Waals surface area (Å²) in [4.78, 5) is 38.7. The standard InChI is InChI=1S/C27H30N4O5/c1-6-35-27(33)18(4)36-24(32)11-10-21-26-29-15-17(3)31(26)22-14-23(34-5)16(2)13-19(22)25(30-21)20-9-7-8-12-28-20/h7-9,12-15,18,21H,6,10-11H2,1-5H3/t18?,21-/m0/s1. The van der Waals surface area contributed by atoms with Gasteiger partial charge in [-0.1, -0.05) is 6.07 Å². The highest BCUT2D eigenvalue weighted by atomic mass is 16.6. The van der Waals surface area contributed by atoms with Crippen molar-refractivity contribution in [1.82, 2.24) is 14.5 Å². The third kappa shape index (κ3) is 5.00. The van der Waals surface area contributed by atoms with E-state index in [1.807, 2.05) is 48.7 Å². The highest BCUT2D eigenvalue weighted by Gasteiger charge is 2.29. The number of carbonyl (C=O) groups is 2. The predicted octanol–water partition coefficient (Wildman–Crippen LogP) is 4.06. The number of hydrogen-bond donors (Lipinski definition) is 0. The van der Waals surface area contributed by atoms with Crippen LogP contribution in [0, 0.1) is 13.8 Å². The molecule has 9 nitrogen and oxygen atoms in total. The Balaban J connectivity index is 1.74. The maximum atomic E-state index is 12.6. The average Bonchev–Trinajstić information content (AvgIpc) is 3.19. The molecule has 9 heteroatoms. The molecule has 4 rings (SSSR count). The van der Waals surface area contributed by atoms with Crippen molar-refractivity contribution in [2.45, 2.75) is 52.7 Å². The summed E-state index contributed by atoms with van der Waals surface area (Å²) < 4.78 is 17.9. The molecule has 0 spiro atoms. The van der Waals surface area contributed by atoms with Crippen LogP contribution < -0.4 is 4.74 Å². The number of ether oxygens (including phenoxy) is 3. The molecule has 36 heavy (non-hydrogen) atoms. The van der Waals surface area contributed by atoms with Gasteiger partial charge in [0.25, 0.3) is 0 Å². The van der Waals surface area contributed by atoms with Crippen molar-refractivity contribution in [3.8, 4) is 11.4 Å². The van der Waals surface area contributed by atoms with E-state index in [4.69, 9.17) is 19.2 Å². The first-order valence-corrected chi connectivity index (χ1v) is 11.9. The van der Waals surface area contributed by atoms with E-state index >= 15 is 0 Å². The first-order chi connectivity index (χ1) is 17.3. The lowest BCUT2D eigenvalue weighted by atomic mass is 10.0. The molecular weight excluding hydrogens is 460 g/mol. The molecule has 0 bridgehead atoms. The molecule has 0 fully saturated rings. The number of benzene rings is 1. The number of aliphatic imine (C=N–C) groups is 1. The first-order valence-electron chi connectivity index (χ1n) is 11.9. The molecule has 3 heterocycles. The molecule has 0 aliphatic carbocycles. The summed E-state index contributed by atoms with van der Waals surface area (Å²) in [6.07, 6.45) is 2.94. The number of methoxy groups -OCH3 is 1. The lowest BCUT2D eigenvalue weighted by molar-refractivity contribution is -0.166. The maximum Gasteiger partial charge on any atom is 0.347 e. The fourth-order valence-electron chi connectivity index (χ4n) is 4.28. The van der Waals surface area contributed by atoms with Crippen LogP contribution in [0.4, 0.5) is 0 Å². The van der Waals surface area contributed by atoms with Gasteiger partial charge < -0.3 is 14.2 Å². The summed E-state index contributed by atoms with van der Waals surface area (Å²) in [6, 6.07) is 9.27. The van der Waals surface area contributed by atoms with Crippen molar-refractivity contribution in [2.75, 3.05) is 13.7 Å². The number of aromatic nitrogens is 3. The fourth-order valence-corrected chi connectivity index (χ4v) is 4.28. The maximum absolute atomic E-state index is 12.6. The third-order valence-corrected chi connectivity index (χ3v) is 6.01. The topological polar surface area (TPSA) is 105 Å². The van der Waals surface area contributed by atoms with Crippen LogP contribution in [0.5, 0.6) is 5.75 Å². The van der Waals surface area contributed by atoms with Crippen LogP contribution in [0.1, 0.15) is 61.1 Å². The van der Waals surface area contributed by atoms with Crippen LogP contribution in [-0.2, 0) is 19.1 Å². The van der Waals surface area contributed by atoms with Crippen LogP contribution in [0.3, 0.4) is 0 Å². The molecule has 1 aromatic carbocycles. The number of rotatable bonds is 8. The van der Waals surface area contributed by atoms with Gasteiger partial charge in [0.15, 0.2) is 6.10 Å². The molecule has 2 aromatic heterocycles. The van der Waals surface area contributed by atoms with E-state index in [0.29, 0.717) is 18.0 Å². The van der Waals surface area contributed by atoms with Crippen molar-refractivity contribution in [1.29, 1.82) is 0 Å². The molecule has 0 amide bonds. The van der Waals surface area contributed by atoms with Crippen molar-refractivity contribution >= 4 is 17.7 Å². The highest BCUT2D eigenvalue weighted by molar-refractivity contribution is 6.14. The van der Waals surface area contributed by atoms with Gasteiger partial charge in [0.2, 0.25) is 0 Å². The van der Waals surface area contributed by atoms with Crippen LogP contribution in [-0.4, -0.2) is 52.0 Å².